The van der Waals surface area contributed by atoms with Gasteiger partial charge in [0.05, 0.1) is 6.26 Å². The Hall–Kier alpha value is -1.54. The van der Waals surface area contributed by atoms with Gasteiger partial charge in [-0.3, -0.25) is 0 Å². The van der Waals surface area contributed by atoms with Crippen LogP contribution in [-0.2, 0) is 0 Å². The molecule has 1 heterocycles. The molecule has 0 aliphatic rings. The molecule has 2 aromatic rings. The van der Waals surface area contributed by atoms with Gasteiger partial charge in [0.15, 0.2) is 0 Å². The van der Waals surface area contributed by atoms with E-state index in [4.69, 9.17) is 4.42 Å². The van der Waals surface area contributed by atoms with Crippen LogP contribution in [-0.4, -0.2) is 5.11 Å². The van der Waals surface area contributed by atoms with Crippen LogP contribution >= 0.6 is 0 Å². The number of furan rings is 1. The molecule has 1 aromatic heterocycles. The lowest BCUT2D eigenvalue weighted by molar-refractivity contribution is 0.188. The number of hydrogen-bond donors (Lipinski definition) is 1. The van der Waals surface area contributed by atoms with Gasteiger partial charge in [-0.05, 0) is 29.2 Å². The first kappa shape index (κ1) is 11.0. The molecule has 0 bridgehead atoms. The van der Waals surface area contributed by atoms with Crippen LogP contribution in [0.1, 0.15) is 42.8 Å². The van der Waals surface area contributed by atoms with Gasteiger partial charge in [-0.15, -0.1) is 0 Å². The van der Waals surface area contributed by atoms with Gasteiger partial charge in [-0.1, -0.05) is 38.1 Å². The molecule has 84 valence electrons. The molecule has 1 atom stereocenters. The van der Waals surface area contributed by atoms with Gasteiger partial charge in [0.2, 0.25) is 0 Å². The molecule has 0 saturated heterocycles. The van der Waals surface area contributed by atoms with Crippen LogP contribution in [0.5, 0.6) is 0 Å². The zero-order valence-electron chi connectivity index (χ0n) is 9.55. The second-order valence-electron chi connectivity index (χ2n) is 4.20. The van der Waals surface area contributed by atoms with Gasteiger partial charge in [0.25, 0.3) is 0 Å². The van der Waals surface area contributed by atoms with Crippen molar-refractivity contribution in [3.63, 3.8) is 0 Å². The van der Waals surface area contributed by atoms with E-state index in [9.17, 15) is 5.11 Å². The summed E-state index contributed by atoms with van der Waals surface area (Å²) < 4.78 is 5.23. The Morgan fingerprint density at radius 2 is 1.69 bits per heavy atom. The summed E-state index contributed by atoms with van der Waals surface area (Å²) >= 11 is 0. The molecule has 2 nitrogen and oxygen atoms in total. The first-order valence-corrected chi connectivity index (χ1v) is 5.50. The van der Waals surface area contributed by atoms with E-state index in [0.29, 0.717) is 11.7 Å². The topological polar surface area (TPSA) is 33.4 Å². The molecule has 1 aromatic carbocycles. The Balaban J connectivity index is 2.40. The highest BCUT2D eigenvalue weighted by atomic mass is 16.4. The summed E-state index contributed by atoms with van der Waals surface area (Å²) in [6.45, 7) is 4.24. The van der Waals surface area contributed by atoms with Crippen molar-refractivity contribution >= 4 is 0 Å². The van der Waals surface area contributed by atoms with Gasteiger partial charge in [0, 0.05) is 0 Å². The quantitative estimate of drug-likeness (QED) is 0.852. The van der Waals surface area contributed by atoms with Gasteiger partial charge in [-0.25, -0.2) is 0 Å². The van der Waals surface area contributed by atoms with E-state index >= 15 is 0 Å². The van der Waals surface area contributed by atoms with Crippen LogP contribution in [0.15, 0.2) is 47.1 Å². The van der Waals surface area contributed by atoms with Crippen LogP contribution in [0.25, 0.3) is 0 Å². The third-order valence-corrected chi connectivity index (χ3v) is 2.73. The molecule has 0 spiro atoms. The third kappa shape index (κ3) is 2.02. The van der Waals surface area contributed by atoms with E-state index in [0.717, 1.165) is 11.1 Å². The zero-order chi connectivity index (χ0) is 11.5. The fourth-order valence-corrected chi connectivity index (χ4v) is 1.89. The van der Waals surface area contributed by atoms with E-state index in [2.05, 4.69) is 13.8 Å². The molecule has 0 amide bonds. The maximum absolute atomic E-state index is 10.2. The minimum Gasteiger partial charge on any atom is -0.466 e. The van der Waals surface area contributed by atoms with Crippen LogP contribution < -0.4 is 0 Å². The Bertz CT molecular complexity index is 444. The summed E-state index contributed by atoms with van der Waals surface area (Å²) in [5.74, 6) is 0.980. The molecule has 2 rings (SSSR count). The fourth-order valence-electron chi connectivity index (χ4n) is 1.89. The number of aliphatic hydroxyl groups is 1. The van der Waals surface area contributed by atoms with Crippen molar-refractivity contribution in [2.24, 2.45) is 0 Å². The van der Waals surface area contributed by atoms with E-state index in [1.165, 1.54) is 0 Å². The smallest absolute Gasteiger partial charge is 0.137 e. The average molecular weight is 216 g/mol. The maximum Gasteiger partial charge on any atom is 0.137 e. The Labute approximate surface area is 95.5 Å². The van der Waals surface area contributed by atoms with Gasteiger partial charge >= 0.3 is 0 Å². The third-order valence-electron chi connectivity index (χ3n) is 2.73. The average Bonchev–Trinajstić information content (AvgIpc) is 2.81. The first-order chi connectivity index (χ1) is 7.70. The standard InChI is InChI=1S/C14H16O2/c1-10(2)11-6-3-4-7-12(11)14(15)13-8-5-9-16-13/h3-10,14-15H,1-2H3/t14-/m1/s1. The maximum atomic E-state index is 10.2. The minimum atomic E-state index is -0.673. The predicted octanol–water partition coefficient (Wildman–Crippen LogP) is 3.48. The van der Waals surface area contributed by atoms with Gasteiger partial charge in [-0.2, -0.15) is 0 Å². The number of benzene rings is 1. The second kappa shape index (κ2) is 4.54. The first-order valence-electron chi connectivity index (χ1n) is 5.50. The monoisotopic (exact) mass is 216 g/mol. The molecule has 0 radical (unpaired) electrons. The summed E-state index contributed by atoms with van der Waals surface area (Å²) in [4.78, 5) is 0. The SMILES string of the molecule is CC(C)c1ccccc1[C@@H](O)c1ccco1. The summed E-state index contributed by atoms with van der Waals surface area (Å²) in [6, 6.07) is 11.5. The molecule has 0 aliphatic heterocycles. The van der Waals surface area contributed by atoms with Crippen molar-refractivity contribution in [2.45, 2.75) is 25.9 Å². The number of aliphatic hydroxyl groups excluding tert-OH is 1. The summed E-state index contributed by atoms with van der Waals surface area (Å²) in [5.41, 5.74) is 2.08. The lowest BCUT2D eigenvalue weighted by Gasteiger charge is -2.16. The molecule has 2 heteroatoms. The normalized spacial score (nSPS) is 13.0. The Morgan fingerprint density at radius 1 is 1.00 bits per heavy atom. The van der Waals surface area contributed by atoms with E-state index in [1.807, 2.05) is 24.3 Å². The molecule has 1 N–H and O–H groups in total. The Kier molecular flexibility index (Phi) is 3.11. The highest BCUT2D eigenvalue weighted by Gasteiger charge is 2.17. The molecular weight excluding hydrogens is 200 g/mol. The lowest BCUT2D eigenvalue weighted by Crippen LogP contribution is -2.03. The summed E-state index contributed by atoms with van der Waals surface area (Å²) in [5, 5.41) is 10.2. The summed E-state index contributed by atoms with van der Waals surface area (Å²) in [6.07, 6.45) is 0.907. The minimum absolute atomic E-state index is 0.390. The van der Waals surface area contributed by atoms with E-state index in [-0.39, 0.29) is 0 Å². The van der Waals surface area contributed by atoms with Crippen molar-refractivity contribution in [3.05, 3.63) is 59.5 Å². The molecule has 0 fully saturated rings. The van der Waals surface area contributed by atoms with Crippen molar-refractivity contribution in [1.29, 1.82) is 0 Å². The van der Waals surface area contributed by atoms with E-state index < -0.39 is 6.10 Å². The van der Waals surface area contributed by atoms with Gasteiger partial charge in [0.1, 0.15) is 11.9 Å². The molecular formula is C14H16O2. The second-order valence-corrected chi connectivity index (χ2v) is 4.20. The highest BCUT2D eigenvalue weighted by molar-refractivity contribution is 5.34. The molecule has 16 heavy (non-hydrogen) atoms. The van der Waals surface area contributed by atoms with E-state index in [1.54, 1.807) is 18.4 Å². The largest absolute Gasteiger partial charge is 0.466 e. The number of hydrogen-bond acceptors (Lipinski definition) is 2. The summed E-state index contributed by atoms with van der Waals surface area (Å²) in [7, 11) is 0. The van der Waals surface area contributed by atoms with Crippen LogP contribution in [0.3, 0.4) is 0 Å². The van der Waals surface area contributed by atoms with Crippen molar-refractivity contribution in [3.8, 4) is 0 Å². The van der Waals surface area contributed by atoms with Gasteiger partial charge < -0.3 is 9.52 Å². The molecule has 0 unspecified atom stereocenters. The Morgan fingerprint density at radius 3 is 2.25 bits per heavy atom. The molecule has 0 aliphatic carbocycles. The lowest BCUT2D eigenvalue weighted by atomic mass is 9.93. The van der Waals surface area contributed by atoms with Crippen molar-refractivity contribution in [1.82, 2.24) is 0 Å². The van der Waals surface area contributed by atoms with Crippen LogP contribution in [0.4, 0.5) is 0 Å². The van der Waals surface area contributed by atoms with Crippen molar-refractivity contribution in [2.75, 3.05) is 0 Å². The zero-order valence-corrected chi connectivity index (χ0v) is 9.55. The predicted molar refractivity (Wildman–Crippen MR) is 63.3 cm³/mol. The highest BCUT2D eigenvalue weighted by Crippen LogP contribution is 2.29. The van der Waals surface area contributed by atoms with Crippen molar-refractivity contribution < 1.29 is 9.52 Å². The van der Waals surface area contributed by atoms with Crippen LogP contribution in [0, 0.1) is 0 Å². The number of rotatable bonds is 3. The molecule has 0 saturated carbocycles. The van der Waals surface area contributed by atoms with Crippen LogP contribution in [0.2, 0.25) is 0 Å². The fraction of sp³-hybridized carbons (Fsp3) is 0.286.